The van der Waals surface area contributed by atoms with E-state index in [4.69, 9.17) is 10.5 Å². The predicted octanol–water partition coefficient (Wildman–Crippen LogP) is 7.13. The fourth-order valence-corrected chi connectivity index (χ4v) is 6.56. The monoisotopic (exact) mass is 733 g/mol. The van der Waals surface area contributed by atoms with Gasteiger partial charge in [-0.05, 0) is 68.0 Å². The molecule has 2 heterocycles. The molecule has 2 aromatic heterocycles. The van der Waals surface area contributed by atoms with Gasteiger partial charge in [0.15, 0.2) is 5.78 Å². The molecule has 45 heavy (non-hydrogen) atoms. The van der Waals surface area contributed by atoms with Gasteiger partial charge < -0.3 is 10.5 Å². The summed E-state index contributed by atoms with van der Waals surface area (Å²) in [6.45, 7) is 2.13. The van der Waals surface area contributed by atoms with Crippen molar-refractivity contribution in [1.82, 2.24) is 19.9 Å². The topological polar surface area (TPSA) is 121 Å². The zero-order valence-electron chi connectivity index (χ0n) is 25.3. The van der Waals surface area contributed by atoms with Crippen LogP contribution in [0.2, 0.25) is 0 Å². The average molecular weight is 736 g/mol. The molecule has 0 spiro atoms. The molecular formula is C35H37Br2N5O3. The zero-order chi connectivity index (χ0) is 31.9. The summed E-state index contributed by atoms with van der Waals surface area (Å²) in [5, 5.41) is 0. The summed E-state index contributed by atoms with van der Waals surface area (Å²) in [4.78, 5) is 40.6. The van der Waals surface area contributed by atoms with Crippen LogP contribution in [-0.2, 0) is 28.4 Å². The Hall–Kier alpha value is -3.34. The maximum Gasteiger partial charge on any atom is 0.341 e. The highest BCUT2D eigenvalue weighted by atomic mass is 79.9. The molecule has 0 atom stereocenters. The molecule has 2 aliphatic carbocycles. The van der Waals surface area contributed by atoms with Crippen molar-refractivity contribution in [3.05, 3.63) is 116 Å². The summed E-state index contributed by atoms with van der Waals surface area (Å²) in [7, 11) is 0. The maximum atomic E-state index is 11.7. The Morgan fingerprint density at radius 2 is 1.11 bits per heavy atom. The third-order valence-corrected chi connectivity index (χ3v) is 10.0. The fraction of sp³-hybridized carbons (Fsp3) is 0.371. The maximum absolute atomic E-state index is 11.7. The first-order valence-electron chi connectivity index (χ1n) is 15.3. The minimum atomic E-state index is -0.370. The summed E-state index contributed by atoms with van der Waals surface area (Å²) in [6, 6.07) is 17.0. The van der Waals surface area contributed by atoms with Crippen molar-refractivity contribution in [1.29, 1.82) is 0 Å². The third-order valence-electron chi connectivity index (χ3n) is 8.96. The quantitative estimate of drug-likeness (QED) is 0.135. The molecule has 10 heteroatoms. The lowest BCUT2D eigenvalue weighted by Crippen LogP contribution is -2.37. The van der Waals surface area contributed by atoms with E-state index in [0.29, 0.717) is 17.7 Å². The molecule has 234 valence electrons. The first kappa shape index (κ1) is 33.0. The predicted molar refractivity (Wildman–Crippen MR) is 180 cm³/mol. The van der Waals surface area contributed by atoms with Crippen LogP contribution >= 0.6 is 31.9 Å². The molecule has 0 saturated heterocycles. The number of esters is 1. The lowest BCUT2D eigenvalue weighted by Gasteiger charge is -2.42. The number of rotatable bonds is 10. The van der Waals surface area contributed by atoms with Gasteiger partial charge in [0.05, 0.1) is 24.3 Å². The molecule has 2 N–H and O–H groups in total. The van der Waals surface area contributed by atoms with E-state index in [0.717, 1.165) is 59.1 Å². The molecule has 8 nitrogen and oxygen atoms in total. The molecule has 0 bridgehead atoms. The number of aromatic nitrogens is 4. The van der Waals surface area contributed by atoms with Gasteiger partial charge in [0.1, 0.15) is 11.6 Å². The molecule has 2 aliphatic rings. The number of ketones is 1. The van der Waals surface area contributed by atoms with E-state index >= 15 is 0 Å². The second kappa shape index (κ2) is 14.8. The first-order valence-corrected chi connectivity index (χ1v) is 16.9. The highest BCUT2D eigenvalue weighted by Gasteiger charge is 2.40. The van der Waals surface area contributed by atoms with Gasteiger partial charge in [-0.3, -0.25) is 4.79 Å². The number of halogens is 2. The number of carbonyl (C=O) groups excluding carboxylic acids is 2. The van der Waals surface area contributed by atoms with Crippen molar-refractivity contribution in [3.8, 4) is 0 Å². The number of hydrogen-bond acceptors (Lipinski definition) is 8. The standard InChI is InChI=1S/C18H19BrN2O2.C17H18BrN3O/c1-2-23-17(22)13-11-20-16(21-12-13)10-18(8-3-9-18)14-4-6-15(19)7-5-14;18-14-4-2-13(3-5-14)17(6-1-7-17)8-16-20-10-12(11-21-16)15(22)9-19/h4-7,11-12H,2-3,8-10H2,1H3;2-5,10-11H,1,6-9,19H2. The number of carbonyl (C=O) groups is 2. The SMILES string of the molecule is CCOC(=O)c1cnc(CC2(c3ccc(Br)cc3)CCC2)nc1.NCC(=O)c1cnc(CC2(c3ccc(Br)cc3)CCC2)nc1. The van der Waals surface area contributed by atoms with E-state index in [1.807, 2.05) is 0 Å². The summed E-state index contributed by atoms with van der Waals surface area (Å²) < 4.78 is 7.14. The molecule has 0 radical (unpaired) electrons. The van der Waals surface area contributed by atoms with Crippen molar-refractivity contribution in [3.63, 3.8) is 0 Å². The van der Waals surface area contributed by atoms with Gasteiger partial charge in [0.2, 0.25) is 0 Å². The van der Waals surface area contributed by atoms with Crippen molar-refractivity contribution in [2.24, 2.45) is 5.73 Å². The number of nitrogens with zero attached hydrogens (tertiary/aromatic N) is 4. The fourth-order valence-electron chi connectivity index (χ4n) is 6.03. The molecular weight excluding hydrogens is 698 g/mol. The van der Waals surface area contributed by atoms with E-state index in [2.05, 4.69) is 100 Å². The van der Waals surface area contributed by atoms with E-state index in [1.165, 1.54) is 24.0 Å². The van der Waals surface area contributed by atoms with Crippen molar-refractivity contribution >= 4 is 43.6 Å². The zero-order valence-corrected chi connectivity index (χ0v) is 28.5. The van der Waals surface area contributed by atoms with Gasteiger partial charge in [-0.2, -0.15) is 0 Å². The summed E-state index contributed by atoms with van der Waals surface area (Å²) >= 11 is 6.97. The molecule has 2 aromatic carbocycles. The van der Waals surface area contributed by atoms with Gasteiger partial charge in [0, 0.05) is 57.4 Å². The Bertz CT molecular complexity index is 1590. The molecule has 2 saturated carbocycles. The van der Waals surface area contributed by atoms with E-state index in [1.54, 1.807) is 31.7 Å². The Morgan fingerprint density at radius 1 is 0.711 bits per heavy atom. The largest absolute Gasteiger partial charge is 0.462 e. The van der Waals surface area contributed by atoms with Crippen LogP contribution < -0.4 is 5.73 Å². The van der Waals surface area contributed by atoms with E-state index in [-0.39, 0.29) is 29.1 Å². The summed E-state index contributed by atoms with van der Waals surface area (Å²) in [5.41, 5.74) is 9.19. The molecule has 6 rings (SSSR count). The number of benzene rings is 2. The summed E-state index contributed by atoms with van der Waals surface area (Å²) in [5.74, 6) is 1.07. The van der Waals surface area contributed by atoms with E-state index < -0.39 is 0 Å². The number of ether oxygens (including phenoxy) is 1. The highest BCUT2D eigenvalue weighted by Crippen LogP contribution is 2.47. The van der Waals surface area contributed by atoms with Crippen molar-refractivity contribution in [2.75, 3.05) is 13.2 Å². The molecule has 4 aromatic rings. The van der Waals surface area contributed by atoms with Crippen LogP contribution in [0.25, 0.3) is 0 Å². The van der Waals surface area contributed by atoms with E-state index in [9.17, 15) is 9.59 Å². The number of nitrogens with two attached hydrogens (primary N) is 1. The lowest BCUT2D eigenvalue weighted by atomic mass is 9.62. The minimum Gasteiger partial charge on any atom is -0.462 e. The first-order chi connectivity index (χ1) is 21.8. The third kappa shape index (κ3) is 7.91. The lowest BCUT2D eigenvalue weighted by molar-refractivity contribution is 0.0525. The van der Waals surface area contributed by atoms with Gasteiger partial charge in [-0.1, -0.05) is 69.0 Å². The van der Waals surface area contributed by atoms with Crippen molar-refractivity contribution in [2.45, 2.75) is 69.1 Å². The van der Waals surface area contributed by atoms with Crippen LogP contribution in [0.15, 0.2) is 82.3 Å². The van der Waals surface area contributed by atoms with Gasteiger partial charge in [0.25, 0.3) is 0 Å². The van der Waals surface area contributed by atoms with Crippen LogP contribution in [0.1, 0.15) is 88.9 Å². The average Bonchev–Trinajstić information content (AvgIpc) is 3.02. The van der Waals surface area contributed by atoms with Crippen LogP contribution in [-0.4, -0.2) is 44.8 Å². The molecule has 0 aliphatic heterocycles. The van der Waals surface area contributed by atoms with Gasteiger partial charge in [-0.15, -0.1) is 0 Å². The molecule has 0 unspecified atom stereocenters. The Kier molecular flexibility index (Phi) is 10.9. The van der Waals surface area contributed by atoms with Crippen molar-refractivity contribution < 1.29 is 14.3 Å². The number of hydrogen-bond donors (Lipinski definition) is 1. The van der Waals surface area contributed by atoms with Crippen LogP contribution in [0.3, 0.4) is 0 Å². The Balaban J connectivity index is 0.000000178. The second-order valence-corrected chi connectivity index (χ2v) is 13.6. The Morgan fingerprint density at radius 3 is 1.44 bits per heavy atom. The van der Waals surface area contributed by atoms with Gasteiger partial charge >= 0.3 is 5.97 Å². The smallest absolute Gasteiger partial charge is 0.341 e. The van der Waals surface area contributed by atoms with Crippen LogP contribution in [0.4, 0.5) is 0 Å². The normalized spacial score (nSPS) is 15.9. The van der Waals surface area contributed by atoms with Crippen LogP contribution in [0, 0.1) is 0 Å². The molecule has 2 fully saturated rings. The van der Waals surface area contributed by atoms with Gasteiger partial charge in [-0.25, -0.2) is 24.7 Å². The second-order valence-electron chi connectivity index (χ2n) is 11.8. The summed E-state index contributed by atoms with van der Waals surface area (Å²) in [6.07, 6.45) is 15.0. The minimum absolute atomic E-state index is 0.00840. The Labute approximate surface area is 280 Å². The van der Waals surface area contributed by atoms with Crippen LogP contribution in [0.5, 0.6) is 0 Å². The highest BCUT2D eigenvalue weighted by molar-refractivity contribution is 9.10. The molecule has 0 amide bonds. The number of Topliss-reactive ketones (excluding diaryl/α,β-unsaturated/α-hetero) is 1.